The second kappa shape index (κ2) is 14.2. The number of benzene rings is 8. The van der Waals surface area contributed by atoms with E-state index in [-0.39, 0.29) is 21.9 Å². The highest BCUT2D eigenvalue weighted by Crippen LogP contribution is 2.62. The summed E-state index contributed by atoms with van der Waals surface area (Å²) in [6.45, 7) is 10.2. The molecule has 0 amide bonds. The van der Waals surface area contributed by atoms with Gasteiger partial charge in [0.15, 0.2) is 0 Å². The van der Waals surface area contributed by atoms with Crippen molar-refractivity contribution in [2.75, 3.05) is 9.80 Å². The van der Waals surface area contributed by atoms with Crippen molar-refractivity contribution in [3.05, 3.63) is 180 Å². The van der Waals surface area contributed by atoms with Crippen LogP contribution in [0.5, 0.6) is 0 Å². The van der Waals surface area contributed by atoms with Crippen LogP contribution in [0.15, 0.2) is 158 Å². The lowest BCUT2D eigenvalue weighted by Gasteiger charge is -2.46. The standard InChI is InChI=1S/C63H60N2/c1-60-33-15-7-17-35-62(60,3)64(47-19-9-5-10-20-47)57-31-27-44(40-55(57)60)42-25-29-49-46(37-42)39-54-51-30-26-43(38-53(51)50-23-13-14-24-52(50)59(49)54)45-28-32-58-56(41-45)61(2)34-16-8-18-36-63(61,4)65(58)48-21-11-6-12-22-48/h5-6,9-14,19-32,37-38,40-41H,7-8,15-18,33-36,39H2,1-4H3. The van der Waals surface area contributed by atoms with E-state index in [9.17, 15) is 0 Å². The molecular weight excluding hydrogens is 785 g/mol. The Balaban J connectivity index is 0.895. The molecule has 13 rings (SSSR count). The van der Waals surface area contributed by atoms with Crippen molar-refractivity contribution < 1.29 is 0 Å². The summed E-state index contributed by atoms with van der Waals surface area (Å²) in [5.41, 5.74) is 19.7. The van der Waals surface area contributed by atoms with Gasteiger partial charge in [-0.3, -0.25) is 0 Å². The maximum atomic E-state index is 2.70. The summed E-state index contributed by atoms with van der Waals surface area (Å²) in [7, 11) is 0. The molecule has 0 spiro atoms. The van der Waals surface area contributed by atoms with Crippen LogP contribution in [0.2, 0.25) is 0 Å². The third-order valence-electron chi connectivity index (χ3n) is 18.3. The minimum absolute atomic E-state index is 0.0271. The highest BCUT2D eigenvalue weighted by Gasteiger charge is 2.58. The van der Waals surface area contributed by atoms with Crippen molar-refractivity contribution in [2.24, 2.45) is 0 Å². The van der Waals surface area contributed by atoms with Crippen LogP contribution in [0.3, 0.4) is 0 Å². The van der Waals surface area contributed by atoms with E-state index in [1.807, 2.05) is 0 Å². The molecule has 0 saturated heterocycles. The molecule has 8 aromatic carbocycles. The first-order valence-electron chi connectivity index (χ1n) is 24.8. The first-order chi connectivity index (χ1) is 31.7. The Labute approximate surface area is 386 Å². The Morgan fingerprint density at radius 1 is 0.385 bits per heavy atom. The van der Waals surface area contributed by atoms with E-state index < -0.39 is 0 Å². The summed E-state index contributed by atoms with van der Waals surface area (Å²) >= 11 is 0. The molecule has 0 radical (unpaired) electrons. The molecule has 322 valence electrons. The molecule has 4 atom stereocenters. The molecule has 8 aromatic rings. The molecule has 0 N–H and O–H groups in total. The van der Waals surface area contributed by atoms with Gasteiger partial charge in [0.2, 0.25) is 0 Å². The molecule has 0 aromatic heterocycles. The average molecular weight is 845 g/mol. The Hall–Kier alpha value is -6.12. The Kier molecular flexibility index (Phi) is 8.57. The number of hydrogen-bond acceptors (Lipinski definition) is 2. The van der Waals surface area contributed by atoms with Gasteiger partial charge in [0, 0.05) is 33.6 Å². The van der Waals surface area contributed by atoms with E-state index >= 15 is 0 Å². The van der Waals surface area contributed by atoms with E-state index in [2.05, 4.69) is 195 Å². The summed E-state index contributed by atoms with van der Waals surface area (Å²) in [5.74, 6) is 0. The molecule has 0 bridgehead atoms. The van der Waals surface area contributed by atoms with Crippen LogP contribution in [0.1, 0.15) is 114 Å². The lowest BCUT2D eigenvalue weighted by Crippen LogP contribution is -2.52. The summed E-state index contributed by atoms with van der Waals surface area (Å²) in [6, 6.07) is 61.1. The van der Waals surface area contributed by atoms with Crippen LogP contribution in [0.4, 0.5) is 22.7 Å². The lowest BCUT2D eigenvalue weighted by atomic mass is 9.66. The molecule has 3 aliphatic carbocycles. The number of fused-ring (bicyclic) bond motifs is 14. The third kappa shape index (κ3) is 5.40. The molecule has 2 fully saturated rings. The monoisotopic (exact) mass is 844 g/mol. The van der Waals surface area contributed by atoms with Gasteiger partial charge in [0.25, 0.3) is 0 Å². The number of rotatable bonds is 4. The van der Waals surface area contributed by atoms with Crippen molar-refractivity contribution in [3.8, 4) is 33.4 Å². The summed E-state index contributed by atoms with van der Waals surface area (Å²) in [4.78, 5) is 5.41. The minimum Gasteiger partial charge on any atom is -0.334 e. The molecule has 2 saturated carbocycles. The van der Waals surface area contributed by atoms with Crippen molar-refractivity contribution >= 4 is 44.3 Å². The van der Waals surface area contributed by atoms with Crippen LogP contribution < -0.4 is 9.80 Å². The van der Waals surface area contributed by atoms with Gasteiger partial charge < -0.3 is 9.80 Å². The van der Waals surface area contributed by atoms with E-state index in [1.54, 1.807) is 0 Å². The third-order valence-corrected chi connectivity index (χ3v) is 18.3. The molecule has 2 heterocycles. The van der Waals surface area contributed by atoms with Crippen LogP contribution in [0.25, 0.3) is 54.9 Å². The minimum atomic E-state index is 0.0271. The SMILES string of the molecule is CC12CCCCCC1(C)N(c1ccccc1)c1ccc(-c3ccc4c(c3)Cc3c-4c4ccccc4c4cc(-c5ccc6c(c5)C5(C)CCCCCC5(C)N6c5ccccc5)ccc34)cc12. The van der Waals surface area contributed by atoms with E-state index in [1.165, 1.54) is 164 Å². The van der Waals surface area contributed by atoms with Crippen LogP contribution in [-0.2, 0) is 17.3 Å². The van der Waals surface area contributed by atoms with Crippen LogP contribution in [0, 0.1) is 0 Å². The van der Waals surface area contributed by atoms with E-state index in [0.29, 0.717) is 0 Å². The van der Waals surface area contributed by atoms with Gasteiger partial charge in [-0.25, -0.2) is 0 Å². The fraction of sp³-hybridized carbons (Fsp3) is 0.302. The Morgan fingerprint density at radius 2 is 0.862 bits per heavy atom. The number of anilines is 4. The zero-order chi connectivity index (χ0) is 43.7. The van der Waals surface area contributed by atoms with E-state index in [0.717, 1.165) is 6.42 Å². The fourth-order valence-electron chi connectivity index (χ4n) is 14.4. The van der Waals surface area contributed by atoms with Gasteiger partial charge in [0.1, 0.15) is 0 Å². The lowest BCUT2D eigenvalue weighted by molar-refractivity contribution is 0.261. The summed E-state index contributed by atoms with van der Waals surface area (Å²) in [6.07, 6.45) is 13.6. The topological polar surface area (TPSA) is 6.48 Å². The van der Waals surface area contributed by atoms with E-state index in [4.69, 9.17) is 0 Å². The molecule has 2 heteroatoms. The van der Waals surface area contributed by atoms with Gasteiger partial charge in [-0.15, -0.1) is 0 Å². The molecule has 2 nitrogen and oxygen atoms in total. The largest absolute Gasteiger partial charge is 0.334 e. The van der Waals surface area contributed by atoms with Crippen LogP contribution in [-0.4, -0.2) is 11.1 Å². The van der Waals surface area contributed by atoms with Gasteiger partial charge in [-0.1, -0.05) is 156 Å². The quantitative estimate of drug-likeness (QED) is 0.163. The van der Waals surface area contributed by atoms with Gasteiger partial charge in [-0.2, -0.15) is 0 Å². The van der Waals surface area contributed by atoms with Crippen molar-refractivity contribution in [2.45, 2.75) is 120 Å². The predicted molar refractivity (Wildman–Crippen MR) is 275 cm³/mol. The Bertz CT molecular complexity index is 3220. The van der Waals surface area contributed by atoms with Crippen molar-refractivity contribution in [1.82, 2.24) is 0 Å². The zero-order valence-electron chi connectivity index (χ0n) is 38.7. The average Bonchev–Trinajstić information content (AvgIpc) is 3.77. The first kappa shape index (κ1) is 39.3. The maximum absolute atomic E-state index is 2.70. The zero-order valence-corrected chi connectivity index (χ0v) is 38.7. The number of para-hydroxylation sites is 2. The number of nitrogens with zero attached hydrogens (tertiary/aromatic N) is 2. The van der Waals surface area contributed by atoms with Crippen LogP contribution >= 0.6 is 0 Å². The second-order valence-corrected chi connectivity index (χ2v) is 21.3. The summed E-state index contributed by atoms with van der Waals surface area (Å²) in [5, 5.41) is 5.47. The van der Waals surface area contributed by atoms with Crippen molar-refractivity contribution in [3.63, 3.8) is 0 Å². The highest BCUT2D eigenvalue weighted by molar-refractivity contribution is 6.18. The molecule has 5 aliphatic rings. The highest BCUT2D eigenvalue weighted by atomic mass is 15.3. The maximum Gasteiger partial charge on any atom is 0.0517 e. The molecule has 4 unspecified atom stereocenters. The van der Waals surface area contributed by atoms with Crippen molar-refractivity contribution in [1.29, 1.82) is 0 Å². The predicted octanol–water partition coefficient (Wildman–Crippen LogP) is 17.2. The summed E-state index contributed by atoms with van der Waals surface area (Å²) < 4.78 is 0. The fourth-order valence-corrected chi connectivity index (χ4v) is 14.4. The molecule has 65 heavy (non-hydrogen) atoms. The molecule has 2 aliphatic heterocycles. The number of hydrogen-bond donors (Lipinski definition) is 0. The van der Waals surface area contributed by atoms with Gasteiger partial charge >= 0.3 is 0 Å². The normalized spacial score (nSPS) is 25.4. The first-order valence-corrected chi connectivity index (χ1v) is 24.8. The molecular formula is C63H60N2. The smallest absolute Gasteiger partial charge is 0.0517 e. The van der Waals surface area contributed by atoms with Gasteiger partial charge in [0.05, 0.1) is 11.1 Å². The Morgan fingerprint density at radius 3 is 1.45 bits per heavy atom. The van der Waals surface area contributed by atoms with Gasteiger partial charge in [-0.05, 0) is 178 Å². The second-order valence-electron chi connectivity index (χ2n) is 21.3.